The van der Waals surface area contributed by atoms with Crippen molar-refractivity contribution in [1.82, 2.24) is 0 Å². The zero-order valence-electron chi connectivity index (χ0n) is 9.79. The molecule has 0 saturated carbocycles. The summed E-state index contributed by atoms with van der Waals surface area (Å²) in [6.45, 7) is 0. The van der Waals surface area contributed by atoms with Crippen LogP contribution in [0.15, 0.2) is 42.5 Å². The second-order valence-electron chi connectivity index (χ2n) is 4.01. The first-order valence-corrected chi connectivity index (χ1v) is 6.29. The molecule has 98 valence electrons. The predicted molar refractivity (Wildman–Crippen MR) is 75.2 cm³/mol. The maximum Gasteiger partial charge on any atom is 0.228 e. The van der Waals surface area contributed by atoms with Gasteiger partial charge in [-0.1, -0.05) is 35.3 Å². The van der Waals surface area contributed by atoms with Crippen LogP contribution in [0.2, 0.25) is 10.0 Å². The van der Waals surface area contributed by atoms with Gasteiger partial charge in [0.2, 0.25) is 5.91 Å². The van der Waals surface area contributed by atoms with Gasteiger partial charge in [0.15, 0.2) is 0 Å². The molecule has 0 aliphatic heterocycles. The van der Waals surface area contributed by atoms with E-state index in [1.807, 2.05) is 0 Å². The van der Waals surface area contributed by atoms with E-state index in [0.29, 0.717) is 15.7 Å². The summed E-state index contributed by atoms with van der Waals surface area (Å²) in [6.07, 6.45) is 0.157. The maximum atomic E-state index is 12.7. The first-order chi connectivity index (χ1) is 9.02. The second-order valence-corrected chi connectivity index (χ2v) is 4.88. The largest absolute Gasteiger partial charge is 0.326 e. The van der Waals surface area contributed by atoms with Gasteiger partial charge in [-0.3, -0.25) is 4.79 Å². The molecule has 0 atom stereocenters. The number of carbonyl (C=O) groups excluding carboxylic acids is 1. The summed E-state index contributed by atoms with van der Waals surface area (Å²) in [4.78, 5) is 11.8. The van der Waals surface area contributed by atoms with E-state index in [0.717, 1.165) is 5.56 Å². The Bertz CT molecular complexity index is 579. The lowest BCUT2D eigenvalue weighted by molar-refractivity contribution is -0.115. The van der Waals surface area contributed by atoms with Crippen LogP contribution in [-0.4, -0.2) is 5.91 Å². The Kier molecular flexibility index (Phi) is 4.40. The summed E-state index contributed by atoms with van der Waals surface area (Å²) >= 11 is 11.7. The Balaban J connectivity index is 2.03. The average Bonchev–Trinajstić information content (AvgIpc) is 2.30. The van der Waals surface area contributed by atoms with E-state index in [1.165, 1.54) is 12.1 Å². The second kappa shape index (κ2) is 6.04. The third kappa shape index (κ3) is 4.23. The molecular formula is C14H10Cl2FNO. The highest BCUT2D eigenvalue weighted by atomic mass is 35.5. The number of hydrogen-bond acceptors (Lipinski definition) is 1. The van der Waals surface area contributed by atoms with Crippen LogP contribution in [0.3, 0.4) is 0 Å². The van der Waals surface area contributed by atoms with E-state index in [1.54, 1.807) is 30.3 Å². The van der Waals surface area contributed by atoms with Crippen molar-refractivity contribution in [2.24, 2.45) is 0 Å². The summed E-state index contributed by atoms with van der Waals surface area (Å²) in [5.41, 5.74) is 1.26. The summed E-state index contributed by atoms with van der Waals surface area (Å²) in [6, 6.07) is 10.6. The highest BCUT2D eigenvalue weighted by Crippen LogP contribution is 2.22. The minimum Gasteiger partial charge on any atom is -0.326 e. The number of carbonyl (C=O) groups is 1. The van der Waals surface area contributed by atoms with Crippen LogP contribution in [0.5, 0.6) is 0 Å². The van der Waals surface area contributed by atoms with Gasteiger partial charge in [0.05, 0.1) is 6.42 Å². The fourth-order valence-electron chi connectivity index (χ4n) is 1.62. The summed E-state index contributed by atoms with van der Waals surface area (Å²) < 4.78 is 12.7. The zero-order valence-corrected chi connectivity index (χ0v) is 11.3. The minimum absolute atomic E-state index is 0.157. The number of nitrogens with one attached hydrogen (secondary N) is 1. The van der Waals surface area contributed by atoms with Crippen molar-refractivity contribution in [3.8, 4) is 0 Å². The molecule has 1 amide bonds. The van der Waals surface area contributed by atoms with E-state index in [4.69, 9.17) is 23.2 Å². The fraction of sp³-hybridized carbons (Fsp3) is 0.0714. The van der Waals surface area contributed by atoms with Crippen LogP contribution in [0, 0.1) is 5.82 Å². The van der Waals surface area contributed by atoms with Crippen molar-refractivity contribution in [3.63, 3.8) is 0 Å². The molecule has 2 aromatic carbocycles. The van der Waals surface area contributed by atoms with Gasteiger partial charge in [-0.05, 0) is 35.9 Å². The number of anilines is 1. The van der Waals surface area contributed by atoms with E-state index in [2.05, 4.69) is 5.32 Å². The van der Waals surface area contributed by atoms with Gasteiger partial charge < -0.3 is 5.32 Å². The molecule has 0 bridgehead atoms. The Morgan fingerprint density at radius 1 is 1.05 bits per heavy atom. The zero-order chi connectivity index (χ0) is 13.8. The number of rotatable bonds is 3. The number of amides is 1. The fourth-order valence-corrected chi connectivity index (χ4v) is 2.14. The van der Waals surface area contributed by atoms with Gasteiger partial charge in [0.25, 0.3) is 0 Å². The van der Waals surface area contributed by atoms with Crippen molar-refractivity contribution in [2.45, 2.75) is 6.42 Å². The SMILES string of the molecule is O=C(Cc1ccc(F)cc1)Nc1cc(Cl)cc(Cl)c1. The molecule has 0 aliphatic carbocycles. The van der Waals surface area contributed by atoms with Crippen molar-refractivity contribution in [2.75, 3.05) is 5.32 Å². The molecule has 2 aromatic rings. The van der Waals surface area contributed by atoms with Gasteiger partial charge in [-0.25, -0.2) is 4.39 Å². The topological polar surface area (TPSA) is 29.1 Å². The standard InChI is InChI=1S/C14H10Cl2FNO/c15-10-6-11(16)8-13(7-10)18-14(19)5-9-1-3-12(17)4-2-9/h1-4,6-8H,5H2,(H,18,19). The van der Waals surface area contributed by atoms with Gasteiger partial charge in [0.1, 0.15) is 5.82 Å². The van der Waals surface area contributed by atoms with E-state index < -0.39 is 0 Å². The molecule has 0 fully saturated rings. The molecule has 2 nitrogen and oxygen atoms in total. The van der Waals surface area contributed by atoms with E-state index in [-0.39, 0.29) is 18.1 Å². The first-order valence-electron chi connectivity index (χ1n) is 5.53. The first kappa shape index (κ1) is 13.8. The van der Waals surface area contributed by atoms with Crippen LogP contribution < -0.4 is 5.32 Å². The van der Waals surface area contributed by atoms with Gasteiger partial charge in [0, 0.05) is 15.7 Å². The minimum atomic E-state index is -0.328. The van der Waals surface area contributed by atoms with E-state index in [9.17, 15) is 9.18 Å². The summed E-state index contributed by atoms with van der Waals surface area (Å²) in [5.74, 6) is -0.546. The Hall–Kier alpha value is -1.58. The summed E-state index contributed by atoms with van der Waals surface area (Å²) in [7, 11) is 0. The molecule has 0 unspecified atom stereocenters. The van der Waals surface area contributed by atoms with E-state index >= 15 is 0 Å². The van der Waals surface area contributed by atoms with Crippen LogP contribution in [0.4, 0.5) is 10.1 Å². The molecular weight excluding hydrogens is 288 g/mol. The molecule has 0 spiro atoms. The molecule has 0 heterocycles. The quantitative estimate of drug-likeness (QED) is 0.898. The van der Waals surface area contributed by atoms with Gasteiger partial charge in [-0.2, -0.15) is 0 Å². The third-order valence-electron chi connectivity index (χ3n) is 2.42. The number of benzene rings is 2. The molecule has 1 N–H and O–H groups in total. The highest BCUT2D eigenvalue weighted by Gasteiger charge is 2.06. The molecule has 0 saturated heterocycles. The normalized spacial score (nSPS) is 10.3. The van der Waals surface area contributed by atoms with Gasteiger partial charge >= 0.3 is 0 Å². The van der Waals surface area contributed by atoms with Crippen molar-refractivity contribution in [1.29, 1.82) is 0 Å². The van der Waals surface area contributed by atoms with Crippen LogP contribution in [-0.2, 0) is 11.2 Å². The number of hydrogen-bond donors (Lipinski definition) is 1. The lowest BCUT2D eigenvalue weighted by Crippen LogP contribution is -2.14. The van der Waals surface area contributed by atoms with Crippen molar-refractivity contribution >= 4 is 34.8 Å². The molecule has 0 aliphatic rings. The average molecular weight is 298 g/mol. The Morgan fingerprint density at radius 2 is 1.63 bits per heavy atom. The maximum absolute atomic E-state index is 12.7. The smallest absolute Gasteiger partial charge is 0.228 e. The molecule has 2 rings (SSSR count). The molecule has 0 aromatic heterocycles. The lowest BCUT2D eigenvalue weighted by atomic mass is 10.1. The van der Waals surface area contributed by atoms with Gasteiger partial charge in [-0.15, -0.1) is 0 Å². The lowest BCUT2D eigenvalue weighted by Gasteiger charge is -2.06. The molecule has 19 heavy (non-hydrogen) atoms. The van der Waals surface area contributed by atoms with Crippen molar-refractivity contribution in [3.05, 3.63) is 63.9 Å². The van der Waals surface area contributed by atoms with Crippen LogP contribution in [0.25, 0.3) is 0 Å². The van der Waals surface area contributed by atoms with Crippen molar-refractivity contribution < 1.29 is 9.18 Å². The number of halogens is 3. The Morgan fingerprint density at radius 3 is 2.21 bits per heavy atom. The highest BCUT2D eigenvalue weighted by molar-refractivity contribution is 6.35. The monoisotopic (exact) mass is 297 g/mol. The van der Waals surface area contributed by atoms with Crippen LogP contribution >= 0.6 is 23.2 Å². The molecule has 5 heteroatoms. The Labute approximate surface area is 120 Å². The van der Waals surface area contributed by atoms with Crippen LogP contribution in [0.1, 0.15) is 5.56 Å². The predicted octanol–water partition coefficient (Wildman–Crippen LogP) is 4.31. The third-order valence-corrected chi connectivity index (χ3v) is 2.86. The molecule has 0 radical (unpaired) electrons. The summed E-state index contributed by atoms with van der Waals surface area (Å²) in [5, 5.41) is 3.58.